The third kappa shape index (κ3) is 3.39. The first-order valence-electron chi connectivity index (χ1n) is 7.39. The van der Waals surface area contributed by atoms with Gasteiger partial charge in [0.15, 0.2) is 5.82 Å². The highest BCUT2D eigenvalue weighted by molar-refractivity contribution is 7.71. The van der Waals surface area contributed by atoms with E-state index in [9.17, 15) is 0 Å². The maximum atomic E-state index is 6.25. The molecule has 3 rings (SSSR count). The second-order valence-electron chi connectivity index (χ2n) is 4.86. The van der Waals surface area contributed by atoms with E-state index in [-0.39, 0.29) is 0 Å². The molecule has 0 bridgehead atoms. The summed E-state index contributed by atoms with van der Waals surface area (Å²) in [5.41, 5.74) is 1.61. The van der Waals surface area contributed by atoms with E-state index >= 15 is 0 Å². The molecule has 2 aromatic carbocycles. The number of rotatable bonds is 5. The van der Waals surface area contributed by atoms with Crippen LogP contribution in [0, 0.1) is 4.77 Å². The Balaban J connectivity index is 2.02. The molecule has 7 heteroatoms. The van der Waals surface area contributed by atoms with Gasteiger partial charge in [-0.1, -0.05) is 35.9 Å². The van der Waals surface area contributed by atoms with E-state index in [0.717, 1.165) is 16.9 Å². The van der Waals surface area contributed by atoms with Crippen molar-refractivity contribution in [2.75, 3.05) is 6.61 Å². The first kappa shape index (κ1) is 16.4. The Morgan fingerprint density at radius 3 is 2.79 bits per heavy atom. The lowest BCUT2D eigenvalue weighted by molar-refractivity contribution is 0.340. The van der Waals surface area contributed by atoms with E-state index < -0.39 is 0 Å². The zero-order chi connectivity index (χ0) is 16.9. The van der Waals surface area contributed by atoms with E-state index in [2.05, 4.69) is 15.3 Å². The monoisotopic (exact) mass is 358 g/mol. The molecule has 0 aliphatic carbocycles. The van der Waals surface area contributed by atoms with Crippen LogP contribution in [0.3, 0.4) is 0 Å². The first-order valence-corrected chi connectivity index (χ1v) is 8.18. The Morgan fingerprint density at radius 2 is 2.00 bits per heavy atom. The second kappa shape index (κ2) is 7.42. The van der Waals surface area contributed by atoms with Crippen molar-refractivity contribution in [1.82, 2.24) is 14.9 Å². The molecule has 1 aromatic heterocycles. The van der Waals surface area contributed by atoms with E-state index in [1.807, 2.05) is 49.4 Å². The Labute approximate surface area is 149 Å². The van der Waals surface area contributed by atoms with Crippen molar-refractivity contribution in [3.63, 3.8) is 0 Å². The summed E-state index contributed by atoms with van der Waals surface area (Å²) >= 11 is 11.5. The van der Waals surface area contributed by atoms with Crippen LogP contribution in [-0.2, 0) is 0 Å². The number of hydrogen-bond acceptors (Lipinski definition) is 4. The van der Waals surface area contributed by atoms with Gasteiger partial charge in [-0.15, -0.1) is 0 Å². The van der Waals surface area contributed by atoms with Gasteiger partial charge in [0.1, 0.15) is 5.75 Å². The summed E-state index contributed by atoms with van der Waals surface area (Å²) in [7, 11) is 0. The number of hydrogen-bond donors (Lipinski definition) is 1. The number of halogens is 1. The van der Waals surface area contributed by atoms with Crippen molar-refractivity contribution in [3.8, 4) is 17.1 Å². The highest BCUT2D eigenvalue weighted by atomic mass is 35.5. The maximum absolute atomic E-state index is 6.25. The molecule has 1 N–H and O–H groups in total. The number of H-pyrrole nitrogens is 1. The van der Waals surface area contributed by atoms with Crippen molar-refractivity contribution in [2.45, 2.75) is 6.92 Å². The quantitative estimate of drug-likeness (QED) is 0.538. The summed E-state index contributed by atoms with van der Waals surface area (Å²) in [5, 5.41) is 12.0. The van der Waals surface area contributed by atoms with Crippen molar-refractivity contribution in [2.24, 2.45) is 5.10 Å². The standard InChI is InChI=1S/C17H15ClN4OS/c1-2-23-15-10-6-3-7-12(15)11-19-22-16(20-21-17(22)24)13-8-4-5-9-14(13)18/h3-11H,2H2,1H3,(H,21,24)/b19-11+. The van der Waals surface area contributed by atoms with Crippen LogP contribution in [0.2, 0.25) is 5.02 Å². The van der Waals surface area contributed by atoms with Gasteiger partial charge in [0, 0.05) is 11.1 Å². The summed E-state index contributed by atoms with van der Waals surface area (Å²) < 4.78 is 7.53. The number of aromatic nitrogens is 3. The largest absolute Gasteiger partial charge is 0.493 e. The summed E-state index contributed by atoms with van der Waals surface area (Å²) in [5.74, 6) is 1.31. The average Bonchev–Trinajstić information content (AvgIpc) is 2.95. The summed E-state index contributed by atoms with van der Waals surface area (Å²) in [6.07, 6.45) is 1.69. The molecule has 0 amide bonds. The molecular formula is C17H15ClN4OS. The van der Waals surface area contributed by atoms with Crippen LogP contribution in [0.25, 0.3) is 11.4 Å². The topological polar surface area (TPSA) is 55.2 Å². The minimum atomic E-state index is 0.384. The fourth-order valence-corrected chi connectivity index (χ4v) is 2.61. The molecule has 122 valence electrons. The van der Waals surface area contributed by atoms with Gasteiger partial charge >= 0.3 is 0 Å². The number of aromatic amines is 1. The normalized spacial score (nSPS) is 11.1. The Hall–Kier alpha value is -2.44. The van der Waals surface area contributed by atoms with Gasteiger partial charge < -0.3 is 4.74 Å². The van der Waals surface area contributed by atoms with Crippen molar-refractivity contribution in [3.05, 3.63) is 63.9 Å². The van der Waals surface area contributed by atoms with Gasteiger partial charge in [0.2, 0.25) is 4.77 Å². The SMILES string of the molecule is CCOc1ccccc1/C=N/n1c(-c2ccccc2Cl)n[nH]c1=S. The number of nitrogens with one attached hydrogen (secondary N) is 1. The zero-order valence-electron chi connectivity index (χ0n) is 12.9. The summed E-state index contributed by atoms with van der Waals surface area (Å²) in [6.45, 7) is 2.52. The minimum Gasteiger partial charge on any atom is -0.493 e. The second-order valence-corrected chi connectivity index (χ2v) is 5.65. The molecule has 3 aromatic rings. The van der Waals surface area contributed by atoms with Gasteiger partial charge in [-0.05, 0) is 43.4 Å². The fraction of sp³-hybridized carbons (Fsp3) is 0.118. The number of nitrogens with zero attached hydrogens (tertiary/aromatic N) is 3. The lowest BCUT2D eigenvalue weighted by Gasteiger charge is -2.06. The molecular weight excluding hydrogens is 344 g/mol. The van der Waals surface area contributed by atoms with Gasteiger partial charge in [-0.3, -0.25) is 0 Å². The number of ether oxygens (including phenoxy) is 1. The fourth-order valence-electron chi connectivity index (χ4n) is 2.21. The van der Waals surface area contributed by atoms with Crippen LogP contribution in [0.4, 0.5) is 0 Å². The van der Waals surface area contributed by atoms with Crippen molar-refractivity contribution < 1.29 is 4.74 Å². The molecule has 0 fully saturated rings. The molecule has 5 nitrogen and oxygen atoms in total. The number of benzene rings is 2. The van der Waals surface area contributed by atoms with E-state index in [4.69, 9.17) is 28.6 Å². The highest BCUT2D eigenvalue weighted by Gasteiger charge is 2.11. The highest BCUT2D eigenvalue weighted by Crippen LogP contribution is 2.26. The Kier molecular flexibility index (Phi) is 5.08. The zero-order valence-corrected chi connectivity index (χ0v) is 14.5. The molecule has 0 unspecified atom stereocenters. The van der Waals surface area contributed by atoms with Crippen LogP contribution in [0.15, 0.2) is 53.6 Å². The van der Waals surface area contributed by atoms with E-state index in [0.29, 0.717) is 22.2 Å². The molecule has 1 heterocycles. The Bertz CT molecular complexity index is 932. The molecule has 0 spiro atoms. The Morgan fingerprint density at radius 1 is 1.25 bits per heavy atom. The van der Waals surface area contributed by atoms with Crippen molar-refractivity contribution in [1.29, 1.82) is 0 Å². The molecule has 0 radical (unpaired) electrons. The molecule has 0 atom stereocenters. The van der Waals surface area contributed by atoms with Crippen LogP contribution in [0.5, 0.6) is 5.75 Å². The third-order valence-electron chi connectivity index (χ3n) is 3.30. The lowest BCUT2D eigenvalue weighted by atomic mass is 10.2. The number of para-hydroxylation sites is 1. The third-order valence-corrected chi connectivity index (χ3v) is 3.89. The van der Waals surface area contributed by atoms with E-state index in [1.165, 1.54) is 0 Å². The molecule has 0 aliphatic heterocycles. The predicted molar refractivity (Wildman–Crippen MR) is 98.5 cm³/mol. The van der Waals surface area contributed by atoms with Gasteiger partial charge in [-0.25, -0.2) is 5.10 Å². The van der Waals surface area contributed by atoms with Crippen molar-refractivity contribution >= 4 is 30.0 Å². The predicted octanol–water partition coefficient (Wildman–Crippen LogP) is 4.54. The average molecular weight is 359 g/mol. The van der Waals surface area contributed by atoms with Crippen LogP contribution in [-0.4, -0.2) is 27.7 Å². The van der Waals surface area contributed by atoms with Gasteiger partial charge in [0.25, 0.3) is 0 Å². The first-order chi connectivity index (χ1) is 11.7. The van der Waals surface area contributed by atoms with Gasteiger partial charge in [-0.2, -0.15) is 14.9 Å². The summed E-state index contributed by atoms with van der Waals surface area (Å²) in [4.78, 5) is 0. The molecule has 24 heavy (non-hydrogen) atoms. The molecule has 0 saturated carbocycles. The van der Waals surface area contributed by atoms with Crippen LogP contribution >= 0.6 is 23.8 Å². The molecule has 0 aliphatic rings. The maximum Gasteiger partial charge on any atom is 0.216 e. The van der Waals surface area contributed by atoms with E-state index in [1.54, 1.807) is 17.0 Å². The van der Waals surface area contributed by atoms with Crippen LogP contribution in [0.1, 0.15) is 12.5 Å². The summed E-state index contributed by atoms with van der Waals surface area (Å²) in [6, 6.07) is 15.1. The van der Waals surface area contributed by atoms with Gasteiger partial charge in [0.05, 0.1) is 17.8 Å². The smallest absolute Gasteiger partial charge is 0.216 e. The van der Waals surface area contributed by atoms with Crippen LogP contribution < -0.4 is 4.74 Å². The lowest BCUT2D eigenvalue weighted by Crippen LogP contribution is -1.98. The minimum absolute atomic E-state index is 0.384. The molecule has 0 saturated heterocycles.